The number of carbonyl (C=O) groups excluding carboxylic acids is 1. The standard InChI is InChI=1S/C13H15FN4O/c1-13(3-2-4-16-13)12-17-9-6-7(14)5-8(11(15)19)10(9)18-12/h5-6,16H,2-4H2,1H3,(H2,15,19)(H,17,18). The van der Waals surface area contributed by atoms with E-state index >= 15 is 0 Å². The Morgan fingerprint density at radius 3 is 2.95 bits per heavy atom. The SMILES string of the molecule is CC1(c2nc3c(C(N)=O)cc(F)cc3[nH]2)CCCN1. The van der Waals surface area contributed by atoms with Gasteiger partial charge in [-0.25, -0.2) is 9.37 Å². The van der Waals surface area contributed by atoms with Crippen LogP contribution in [0.25, 0.3) is 11.0 Å². The van der Waals surface area contributed by atoms with Crippen molar-refractivity contribution in [2.24, 2.45) is 5.73 Å². The Hall–Kier alpha value is -1.95. The van der Waals surface area contributed by atoms with Crippen LogP contribution in [-0.4, -0.2) is 22.4 Å². The van der Waals surface area contributed by atoms with Crippen LogP contribution in [0.4, 0.5) is 4.39 Å². The van der Waals surface area contributed by atoms with Gasteiger partial charge in [0.1, 0.15) is 17.2 Å². The first kappa shape index (κ1) is 12.1. The van der Waals surface area contributed by atoms with E-state index in [4.69, 9.17) is 5.73 Å². The third kappa shape index (κ3) is 1.88. The predicted octanol–water partition coefficient (Wildman–Crippen LogP) is 1.40. The number of nitrogens with two attached hydrogens (primary N) is 1. The summed E-state index contributed by atoms with van der Waals surface area (Å²) in [5.74, 6) is -0.457. The van der Waals surface area contributed by atoms with Gasteiger partial charge in [0.2, 0.25) is 0 Å². The van der Waals surface area contributed by atoms with Gasteiger partial charge < -0.3 is 16.0 Å². The maximum Gasteiger partial charge on any atom is 0.251 e. The zero-order valence-electron chi connectivity index (χ0n) is 10.6. The molecule has 1 aromatic heterocycles. The molecular weight excluding hydrogens is 247 g/mol. The molecule has 0 radical (unpaired) electrons. The minimum atomic E-state index is -0.674. The highest BCUT2D eigenvalue weighted by molar-refractivity contribution is 6.04. The molecule has 0 saturated carbocycles. The molecule has 0 bridgehead atoms. The van der Waals surface area contributed by atoms with Crippen LogP contribution in [0.3, 0.4) is 0 Å². The summed E-state index contributed by atoms with van der Waals surface area (Å²) in [4.78, 5) is 18.9. The van der Waals surface area contributed by atoms with Crippen LogP contribution in [-0.2, 0) is 5.54 Å². The lowest BCUT2D eigenvalue weighted by atomic mass is 10.00. The van der Waals surface area contributed by atoms with E-state index in [1.165, 1.54) is 6.07 Å². The number of aromatic amines is 1. The molecule has 1 unspecified atom stereocenters. The average molecular weight is 262 g/mol. The van der Waals surface area contributed by atoms with Crippen molar-refractivity contribution in [3.8, 4) is 0 Å². The molecule has 2 heterocycles. The maximum absolute atomic E-state index is 13.5. The Morgan fingerprint density at radius 1 is 1.53 bits per heavy atom. The van der Waals surface area contributed by atoms with E-state index in [2.05, 4.69) is 15.3 Å². The summed E-state index contributed by atoms with van der Waals surface area (Å²) in [6, 6.07) is 2.45. The number of nitrogens with one attached hydrogen (secondary N) is 2. The highest BCUT2D eigenvalue weighted by Crippen LogP contribution is 2.30. The molecule has 3 rings (SSSR count). The fourth-order valence-electron chi connectivity index (χ4n) is 2.63. The molecule has 6 heteroatoms. The minimum absolute atomic E-state index is 0.110. The largest absolute Gasteiger partial charge is 0.366 e. The van der Waals surface area contributed by atoms with Crippen LogP contribution in [0.15, 0.2) is 12.1 Å². The van der Waals surface area contributed by atoms with Crippen LogP contribution in [0.2, 0.25) is 0 Å². The molecule has 1 aliphatic heterocycles. The van der Waals surface area contributed by atoms with E-state index in [0.29, 0.717) is 16.9 Å². The highest BCUT2D eigenvalue weighted by Gasteiger charge is 2.33. The molecule has 1 fully saturated rings. The zero-order chi connectivity index (χ0) is 13.6. The number of fused-ring (bicyclic) bond motifs is 1. The number of primary amides is 1. The molecule has 0 aliphatic carbocycles. The van der Waals surface area contributed by atoms with E-state index in [1.54, 1.807) is 0 Å². The average Bonchev–Trinajstić information content (AvgIpc) is 2.94. The van der Waals surface area contributed by atoms with E-state index in [9.17, 15) is 9.18 Å². The molecular formula is C13H15FN4O. The molecule has 1 aliphatic rings. The van der Waals surface area contributed by atoms with Gasteiger partial charge in [-0.1, -0.05) is 0 Å². The number of hydrogen-bond acceptors (Lipinski definition) is 3. The van der Waals surface area contributed by atoms with Gasteiger partial charge in [0.25, 0.3) is 5.91 Å². The first-order valence-electron chi connectivity index (χ1n) is 6.24. The first-order chi connectivity index (χ1) is 8.99. The van der Waals surface area contributed by atoms with Crippen molar-refractivity contribution in [1.82, 2.24) is 15.3 Å². The molecule has 0 spiro atoms. The summed E-state index contributed by atoms with van der Waals surface area (Å²) in [7, 11) is 0. The number of hydrogen-bond donors (Lipinski definition) is 3. The van der Waals surface area contributed by atoms with Crippen molar-refractivity contribution in [3.63, 3.8) is 0 Å². The Bertz CT molecular complexity index is 658. The number of halogens is 1. The summed E-state index contributed by atoms with van der Waals surface area (Å²) in [5, 5.41) is 3.37. The monoisotopic (exact) mass is 262 g/mol. The van der Waals surface area contributed by atoms with E-state index in [-0.39, 0.29) is 11.1 Å². The minimum Gasteiger partial charge on any atom is -0.366 e. The van der Waals surface area contributed by atoms with Crippen LogP contribution >= 0.6 is 0 Å². The van der Waals surface area contributed by atoms with Crippen molar-refractivity contribution in [1.29, 1.82) is 0 Å². The smallest absolute Gasteiger partial charge is 0.251 e. The van der Waals surface area contributed by atoms with Crippen molar-refractivity contribution in [3.05, 3.63) is 29.3 Å². The van der Waals surface area contributed by atoms with Crippen molar-refractivity contribution in [2.75, 3.05) is 6.54 Å². The Kier molecular flexibility index (Phi) is 2.56. The van der Waals surface area contributed by atoms with E-state index in [0.717, 1.165) is 25.5 Å². The summed E-state index contributed by atoms with van der Waals surface area (Å²) in [6.45, 7) is 2.96. The predicted molar refractivity (Wildman–Crippen MR) is 69.2 cm³/mol. The summed E-state index contributed by atoms with van der Waals surface area (Å²) >= 11 is 0. The van der Waals surface area contributed by atoms with Crippen LogP contribution in [0.5, 0.6) is 0 Å². The Labute approximate surface area is 109 Å². The maximum atomic E-state index is 13.5. The van der Waals surface area contributed by atoms with Gasteiger partial charge in [0.15, 0.2) is 0 Å². The lowest BCUT2D eigenvalue weighted by molar-refractivity contribution is 0.100. The van der Waals surface area contributed by atoms with Gasteiger partial charge in [-0.2, -0.15) is 0 Å². The molecule has 19 heavy (non-hydrogen) atoms. The first-order valence-corrected chi connectivity index (χ1v) is 6.24. The lowest BCUT2D eigenvalue weighted by Crippen LogP contribution is -2.34. The summed E-state index contributed by atoms with van der Waals surface area (Å²) in [5.41, 5.74) is 6.05. The second-order valence-electron chi connectivity index (χ2n) is 5.16. The molecule has 1 saturated heterocycles. The van der Waals surface area contributed by atoms with Gasteiger partial charge in [0.05, 0.1) is 16.6 Å². The number of carbonyl (C=O) groups is 1. The Morgan fingerprint density at radius 2 is 2.32 bits per heavy atom. The number of benzene rings is 1. The normalized spacial score (nSPS) is 23.1. The Balaban J connectivity index is 2.20. The lowest BCUT2D eigenvalue weighted by Gasteiger charge is -2.21. The highest BCUT2D eigenvalue weighted by atomic mass is 19.1. The van der Waals surface area contributed by atoms with Crippen molar-refractivity contribution in [2.45, 2.75) is 25.3 Å². The topological polar surface area (TPSA) is 83.8 Å². The van der Waals surface area contributed by atoms with Crippen molar-refractivity contribution < 1.29 is 9.18 Å². The second-order valence-corrected chi connectivity index (χ2v) is 5.16. The molecule has 1 atom stereocenters. The van der Waals surface area contributed by atoms with Gasteiger partial charge in [-0.15, -0.1) is 0 Å². The number of H-pyrrole nitrogens is 1. The summed E-state index contributed by atoms with van der Waals surface area (Å²) < 4.78 is 13.5. The summed E-state index contributed by atoms with van der Waals surface area (Å²) in [6.07, 6.45) is 2.01. The van der Waals surface area contributed by atoms with E-state index < -0.39 is 11.7 Å². The van der Waals surface area contributed by atoms with Gasteiger partial charge in [-0.05, 0) is 38.4 Å². The van der Waals surface area contributed by atoms with E-state index in [1.807, 2.05) is 6.92 Å². The molecule has 4 N–H and O–H groups in total. The molecule has 1 amide bonds. The van der Waals surface area contributed by atoms with Crippen LogP contribution < -0.4 is 11.1 Å². The second kappa shape index (κ2) is 4.03. The fourth-order valence-corrected chi connectivity index (χ4v) is 2.63. The number of aromatic nitrogens is 2. The number of imidazole rings is 1. The molecule has 2 aromatic rings. The third-order valence-corrected chi connectivity index (χ3v) is 3.71. The fraction of sp³-hybridized carbons (Fsp3) is 0.385. The molecule has 5 nitrogen and oxygen atoms in total. The third-order valence-electron chi connectivity index (χ3n) is 3.71. The number of rotatable bonds is 2. The number of nitrogens with zero attached hydrogens (tertiary/aromatic N) is 1. The molecule has 1 aromatic carbocycles. The zero-order valence-corrected chi connectivity index (χ0v) is 10.6. The van der Waals surface area contributed by atoms with Gasteiger partial charge in [-0.3, -0.25) is 4.79 Å². The van der Waals surface area contributed by atoms with Gasteiger partial charge in [0, 0.05) is 0 Å². The quantitative estimate of drug-likeness (QED) is 0.765. The van der Waals surface area contributed by atoms with Crippen molar-refractivity contribution >= 4 is 16.9 Å². The van der Waals surface area contributed by atoms with Crippen LogP contribution in [0, 0.1) is 5.82 Å². The van der Waals surface area contributed by atoms with Gasteiger partial charge >= 0.3 is 0 Å². The molecule has 100 valence electrons. The number of amides is 1. The van der Waals surface area contributed by atoms with Crippen LogP contribution in [0.1, 0.15) is 35.9 Å².